The van der Waals surface area contributed by atoms with Gasteiger partial charge in [0.2, 0.25) is 0 Å². The van der Waals surface area contributed by atoms with Crippen LogP contribution in [0.5, 0.6) is 0 Å². The standard InChI is InChI=1S/C21H15BrN8O2/c22-12-4-3-8-30-16(12)10-15(28-30)18-17-13(24-11-25-17)6-9-29(18)21(31)20-27-26-19(32-20)14-5-1-2-7-23-14/h1-5,7-8,10-11,18H,6,9H2,(H,24,25)/t18-/m1/s1. The van der Waals surface area contributed by atoms with E-state index in [-0.39, 0.29) is 17.7 Å². The number of carbonyl (C=O) groups is 1. The molecule has 1 N–H and O–H groups in total. The number of pyridine rings is 2. The molecule has 1 atom stereocenters. The Morgan fingerprint density at radius 1 is 1.19 bits per heavy atom. The van der Waals surface area contributed by atoms with Crippen molar-refractivity contribution < 1.29 is 9.21 Å². The molecular weight excluding hydrogens is 476 g/mol. The number of rotatable bonds is 3. The smallest absolute Gasteiger partial charge is 0.312 e. The van der Waals surface area contributed by atoms with E-state index in [1.165, 1.54) is 0 Å². The predicted molar refractivity (Wildman–Crippen MR) is 116 cm³/mol. The molecule has 0 aliphatic carbocycles. The minimum atomic E-state index is -0.491. The van der Waals surface area contributed by atoms with E-state index in [1.807, 2.05) is 30.5 Å². The summed E-state index contributed by atoms with van der Waals surface area (Å²) in [5.74, 6) is -0.284. The summed E-state index contributed by atoms with van der Waals surface area (Å²) in [5.41, 5.74) is 3.84. The fourth-order valence-electron chi connectivity index (χ4n) is 3.95. The average Bonchev–Trinajstić information content (AvgIpc) is 3.58. The molecule has 1 aliphatic heterocycles. The first-order valence-corrected chi connectivity index (χ1v) is 10.7. The van der Waals surface area contributed by atoms with Crippen LogP contribution in [0.2, 0.25) is 0 Å². The fourth-order valence-corrected chi connectivity index (χ4v) is 4.40. The van der Waals surface area contributed by atoms with Gasteiger partial charge >= 0.3 is 11.8 Å². The lowest BCUT2D eigenvalue weighted by molar-refractivity contribution is 0.0646. The molecule has 32 heavy (non-hydrogen) atoms. The summed E-state index contributed by atoms with van der Waals surface area (Å²) in [6.45, 7) is 0.453. The highest BCUT2D eigenvalue weighted by Crippen LogP contribution is 2.35. The van der Waals surface area contributed by atoms with Crippen molar-refractivity contribution in [2.75, 3.05) is 6.54 Å². The van der Waals surface area contributed by atoms with Crippen molar-refractivity contribution >= 4 is 27.4 Å². The first-order chi connectivity index (χ1) is 15.7. The molecule has 5 aromatic heterocycles. The molecule has 6 heterocycles. The van der Waals surface area contributed by atoms with Crippen molar-refractivity contribution in [1.29, 1.82) is 0 Å². The van der Waals surface area contributed by atoms with Gasteiger partial charge in [-0.25, -0.2) is 9.50 Å². The molecule has 0 spiro atoms. The summed E-state index contributed by atoms with van der Waals surface area (Å²) in [6, 6.07) is 10.7. The molecule has 0 bridgehead atoms. The van der Waals surface area contributed by atoms with Crippen LogP contribution in [0.15, 0.2) is 64.0 Å². The van der Waals surface area contributed by atoms with E-state index in [0.717, 1.165) is 21.4 Å². The number of carbonyl (C=O) groups excluding carboxylic acids is 1. The molecule has 0 unspecified atom stereocenters. The van der Waals surface area contributed by atoms with Gasteiger partial charge in [0.25, 0.3) is 5.89 Å². The Hall–Kier alpha value is -3.86. The number of aromatic nitrogens is 7. The zero-order chi connectivity index (χ0) is 21.7. The lowest BCUT2D eigenvalue weighted by Crippen LogP contribution is -2.41. The number of hydrogen-bond acceptors (Lipinski definition) is 7. The monoisotopic (exact) mass is 490 g/mol. The molecule has 5 aromatic rings. The first-order valence-electron chi connectivity index (χ1n) is 9.91. The fraction of sp³-hybridized carbons (Fsp3) is 0.143. The van der Waals surface area contributed by atoms with Gasteiger partial charge in [0.05, 0.1) is 23.2 Å². The van der Waals surface area contributed by atoms with Crippen molar-refractivity contribution in [3.05, 3.63) is 82.6 Å². The van der Waals surface area contributed by atoms with Gasteiger partial charge in [0, 0.05) is 35.5 Å². The molecule has 0 fully saturated rings. The molecule has 0 aromatic carbocycles. The van der Waals surface area contributed by atoms with Crippen LogP contribution in [0.1, 0.15) is 33.8 Å². The van der Waals surface area contributed by atoms with E-state index >= 15 is 0 Å². The second kappa shape index (κ2) is 7.38. The largest absolute Gasteiger partial charge is 0.411 e. The third-order valence-electron chi connectivity index (χ3n) is 5.43. The molecular formula is C21H15BrN8O2. The third-order valence-corrected chi connectivity index (χ3v) is 6.10. The Balaban J connectivity index is 1.41. The average molecular weight is 491 g/mol. The normalized spacial score (nSPS) is 15.8. The van der Waals surface area contributed by atoms with E-state index < -0.39 is 6.04 Å². The number of amides is 1. The van der Waals surface area contributed by atoms with Gasteiger partial charge in [0.15, 0.2) is 0 Å². The van der Waals surface area contributed by atoms with Crippen molar-refractivity contribution in [1.82, 2.24) is 39.7 Å². The van der Waals surface area contributed by atoms with Crippen molar-refractivity contribution in [3.8, 4) is 11.6 Å². The quantitative estimate of drug-likeness (QED) is 0.412. The molecule has 11 heteroatoms. The first kappa shape index (κ1) is 18.9. The number of fused-ring (bicyclic) bond motifs is 2. The number of halogens is 1. The lowest BCUT2D eigenvalue weighted by atomic mass is 9.99. The summed E-state index contributed by atoms with van der Waals surface area (Å²) in [7, 11) is 0. The van der Waals surface area contributed by atoms with Gasteiger partial charge in [-0.05, 0) is 46.3 Å². The maximum absolute atomic E-state index is 13.5. The number of nitrogens with zero attached hydrogens (tertiary/aromatic N) is 7. The van der Waals surface area contributed by atoms with Crippen LogP contribution >= 0.6 is 15.9 Å². The van der Waals surface area contributed by atoms with Crippen LogP contribution in [-0.2, 0) is 6.42 Å². The number of aromatic amines is 1. The molecule has 1 aliphatic rings. The predicted octanol–water partition coefficient (Wildman–Crippen LogP) is 3.05. The Morgan fingerprint density at radius 2 is 2.12 bits per heavy atom. The summed E-state index contributed by atoms with van der Waals surface area (Å²) >= 11 is 3.56. The van der Waals surface area contributed by atoms with Gasteiger partial charge in [-0.15, -0.1) is 10.2 Å². The third kappa shape index (κ3) is 3.01. The Labute approximate surface area is 189 Å². The van der Waals surface area contributed by atoms with Gasteiger partial charge in [0.1, 0.15) is 11.7 Å². The van der Waals surface area contributed by atoms with E-state index in [0.29, 0.717) is 24.4 Å². The molecule has 6 rings (SSSR count). The van der Waals surface area contributed by atoms with Gasteiger partial charge in [-0.1, -0.05) is 6.07 Å². The van der Waals surface area contributed by atoms with Crippen molar-refractivity contribution in [2.24, 2.45) is 0 Å². The zero-order valence-electron chi connectivity index (χ0n) is 16.5. The van der Waals surface area contributed by atoms with Crippen molar-refractivity contribution in [2.45, 2.75) is 12.5 Å². The maximum Gasteiger partial charge on any atom is 0.312 e. The van der Waals surface area contributed by atoms with Crippen LogP contribution in [0, 0.1) is 0 Å². The molecule has 0 radical (unpaired) electrons. The minimum Gasteiger partial charge on any atom is -0.411 e. The Morgan fingerprint density at radius 3 is 2.97 bits per heavy atom. The van der Waals surface area contributed by atoms with Crippen LogP contribution in [0.3, 0.4) is 0 Å². The second-order valence-electron chi connectivity index (χ2n) is 7.30. The van der Waals surface area contributed by atoms with E-state index in [9.17, 15) is 4.79 Å². The van der Waals surface area contributed by atoms with Crippen molar-refractivity contribution in [3.63, 3.8) is 0 Å². The zero-order valence-corrected chi connectivity index (χ0v) is 18.1. The Bertz CT molecular complexity index is 1440. The van der Waals surface area contributed by atoms with Gasteiger partial charge in [-0.2, -0.15) is 5.10 Å². The molecule has 1 amide bonds. The van der Waals surface area contributed by atoms with E-state index in [2.05, 4.69) is 41.1 Å². The van der Waals surface area contributed by atoms with Crippen LogP contribution in [0.4, 0.5) is 0 Å². The highest BCUT2D eigenvalue weighted by Gasteiger charge is 2.38. The Kier molecular flexibility index (Phi) is 4.35. The van der Waals surface area contributed by atoms with Gasteiger partial charge in [-0.3, -0.25) is 9.78 Å². The number of imidazole rings is 1. The number of nitrogens with one attached hydrogen (secondary N) is 1. The highest BCUT2D eigenvalue weighted by molar-refractivity contribution is 9.10. The second-order valence-corrected chi connectivity index (χ2v) is 8.15. The van der Waals surface area contributed by atoms with E-state index in [4.69, 9.17) is 9.52 Å². The summed E-state index contributed by atoms with van der Waals surface area (Å²) < 4.78 is 8.36. The summed E-state index contributed by atoms with van der Waals surface area (Å²) in [4.78, 5) is 27.0. The van der Waals surface area contributed by atoms with Crippen LogP contribution in [0.25, 0.3) is 17.1 Å². The molecule has 0 saturated carbocycles. The highest BCUT2D eigenvalue weighted by atomic mass is 79.9. The summed E-state index contributed by atoms with van der Waals surface area (Å²) in [6.07, 6.45) is 5.77. The molecule has 0 saturated heterocycles. The summed E-state index contributed by atoms with van der Waals surface area (Å²) in [5, 5.41) is 12.7. The van der Waals surface area contributed by atoms with Gasteiger partial charge < -0.3 is 14.3 Å². The molecule has 10 nitrogen and oxygen atoms in total. The van der Waals surface area contributed by atoms with Crippen LogP contribution < -0.4 is 0 Å². The molecule has 158 valence electrons. The number of H-pyrrole nitrogens is 1. The minimum absolute atomic E-state index is 0.0976. The SMILES string of the molecule is O=C(c1nnc(-c2ccccn2)o1)N1CCc2[nH]cnc2[C@H]1c1cc2c(Br)cccn2n1. The topological polar surface area (TPSA) is 118 Å². The lowest BCUT2D eigenvalue weighted by Gasteiger charge is -2.32. The maximum atomic E-state index is 13.5. The van der Waals surface area contributed by atoms with Crippen LogP contribution in [-0.4, -0.2) is 52.1 Å². The number of hydrogen-bond donors (Lipinski definition) is 1. The van der Waals surface area contributed by atoms with E-state index in [1.54, 1.807) is 34.1 Å².